The molecule has 2 N–H and O–H groups in total. The molecule has 4 heterocycles. The molecule has 2 aromatic rings. The summed E-state index contributed by atoms with van der Waals surface area (Å²) in [6.07, 6.45) is 2.42. The van der Waals surface area contributed by atoms with Gasteiger partial charge in [0.15, 0.2) is 0 Å². The number of fused-ring (bicyclic) bond motifs is 3. The molecule has 0 saturated carbocycles. The van der Waals surface area contributed by atoms with Gasteiger partial charge in [0, 0.05) is 23.8 Å². The molecule has 0 aliphatic carbocycles. The maximum atomic E-state index is 12.6. The number of aryl methyl sites for hydroxylation is 1. The Labute approximate surface area is 136 Å². The number of amides is 1. The van der Waals surface area contributed by atoms with Crippen molar-refractivity contribution in [3.8, 4) is 11.3 Å². The number of carbonyl (C=O) groups excluding carboxylic acids is 1. The molecule has 0 unspecified atom stereocenters. The summed E-state index contributed by atoms with van der Waals surface area (Å²) >= 11 is 0. The van der Waals surface area contributed by atoms with E-state index in [0.29, 0.717) is 17.7 Å². The zero-order chi connectivity index (χ0) is 15.8. The van der Waals surface area contributed by atoms with Crippen LogP contribution in [0.4, 0.5) is 0 Å². The Balaban J connectivity index is 1.48. The highest BCUT2D eigenvalue weighted by atomic mass is 16.2. The predicted octanol–water partition coefficient (Wildman–Crippen LogP) is 2.81. The number of hydrogen-bond donors (Lipinski definition) is 2. The smallest absolute Gasteiger partial charge is 0.267 e. The highest BCUT2D eigenvalue weighted by Crippen LogP contribution is 2.28. The van der Waals surface area contributed by atoms with Gasteiger partial charge in [-0.25, -0.2) is 0 Å². The monoisotopic (exact) mass is 309 g/mol. The van der Waals surface area contributed by atoms with Crippen molar-refractivity contribution in [2.75, 3.05) is 19.6 Å². The Kier molecular flexibility index (Phi) is 3.69. The first kappa shape index (κ1) is 14.5. The number of rotatable bonds is 3. The fraction of sp³-hybridized carbons (Fsp3) is 0.421. The quantitative estimate of drug-likeness (QED) is 0.916. The van der Waals surface area contributed by atoms with E-state index >= 15 is 0 Å². The number of piperidine rings is 3. The molecule has 3 aliphatic rings. The molecule has 0 spiro atoms. The minimum absolute atomic E-state index is 0.0172. The zero-order valence-electron chi connectivity index (χ0n) is 13.5. The molecular formula is C19H23N3O. The van der Waals surface area contributed by atoms with Crippen LogP contribution in [0.5, 0.6) is 0 Å². The van der Waals surface area contributed by atoms with Crippen LogP contribution < -0.4 is 5.32 Å². The van der Waals surface area contributed by atoms with Crippen LogP contribution in [-0.2, 0) is 0 Å². The Morgan fingerprint density at radius 3 is 2.65 bits per heavy atom. The highest BCUT2D eigenvalue weighted by molar-refractivity contribution is 5.93. The van der Waals surface area contributed by atoms with Gasteiger partial charge < -0.3 is 15.2 Å². The van der Waals surface area contributed by atoms with Gasteiger partial charge in [-0.1, -0.05) is 24.3 Å². The molecular weight excluding hydrogens is 286 g/mol. The lowest BCUT2D eigenvalue weighted by molar-refractivity contribution is 0.0618. The number of aromatic nitrogens is 1. The standard InChI is InChI=1S/C19H23N3O/c1-13-4-2-3-5-15(13)16-6-7-17(20-16)19(23)21-18-12-22-10-8-14(18)9-11-22/h2-7,14,18,20H,8-12H2,1H3,(H,21,23)/t18-/m0/s1. The molecule has 1 aromatic carbocycles. The van der Waals surface area contributed by atoms with Gasteiger partial charge in [0.25, 0.3) is 5.91 Å². The van der Waals surface area contributed by atoms with E-state index in [4.69, 9.17) is 0 Å². The summed E-state index contributed by atoms with van der Waals surface area (Å²) in [4.78, 5) is 18.3. The molecule has 23 heavy (non-hydrogen) atoms. The van der Waals surface area contributed by atoms with E-state index in [1.54, 1.807) is 0 Å². The molecule has 120 valence electrons. The van der Waals surface area contributed by atoms with Crippen LogP contribution in [0.3, 0.4) is 0 Å². The molecule has 5 rings (SSSR count). The van der Waals surface area contributed by atoms with Crippen molar-refractivity contribution >= 4 is 5.91 Å². The minimum Gasteiger partial charge on any atom is -0.351 e. The third kappa shape index (κ3) is 2.79. The Hall–Kier alpha value is -2.07. The number of nitrogens with zero attached hydrogens (tertiary/aromatic N) is 1. The molecule has 0 radical (unpaired) electrons. The maximum absolute atomic E-state index is 12.6. The number of nitrogens with one attached hydrogen (secondary N) is 2. The highest BCUT2D eigenvalue weighted by Gasteiger charge is 2.35. The lowest BCUT2D eigenvalue weighted by Crippen LogP contribution is -2.57. The van der Waals surface area contributed by atoms with E-state index in [9.17, 15) is 4.79 Å². The van der Waals surface area contributed by atoms with E-state index in [-0.39, 0.29) is 5.91 Å². The van der Waals surface area contributed by atoms with E-state index in [1.165, 1.54) is 31.5 Å². The van der Waals surface area contributed by atoms with Crippen LogP contribution in [0, 0.1) is 12.8 Å². The lowest BCUT2D eigenvalue weighted by Gasteiger charge is -2.44. The van der Waals surface area contributed by atoms with Crippen molar-refractivity contribution < 1.29 is 4.79 Å². The Morgan fingerprint density at radius 1 is 1.17 bits per heavy atom. The van der Waals surface area contributed by atoms with Gasteiger partial charge in [-0.15, -0.1) is 0 Å². The van der Waals surface area contributed by atoms with Crippen molar-refractivity contribution in [1.82, 2.24) is 15.2 Å². The lowest BCUT2D eigenvalue weighted by atomic mass is 9.84. The van der Waals surface area contributed by atoms with Gasteiger partial charge in [-0.2, -0.15) is 0 Å². The van der Waals surface area contributed by atoms with E-state index in [2.05, 4.69) is 34.3 Å². The van der Waals surface area contributed by atoms with Gasteiger partial charge in [0.1, 0.15) is 5.69 Å². The van der Waals surface area contributed by atoms with Gasteiger partial charge >= 0.3 is 0 Å². The first-order chi connectivity index (χ1) is 11.2. The maximum Gasteiger partial charge on any atom is 0.267 e. The van der Waals surface area contributed by atoms with Crippen molar-refractivity contribution in [3.05, 3.63) is 47.7 Å². The third-order valence-corrected chi connectivity index (χ3v) is 5.34. The van der Waals surface area contributed by atoms with E-state index in [1.807, 2.05) is 24.3 Å². The molecule has 2 bridgehead atoms. The predicted molar refractivity (Wildman–Crippen MR) is 91.4 cm³/mol. The summed E-state index contributed by atoms with van der Waals surface area (Å²) in [6.45, 7) is 5.47. The van der Waals surface area contributed by atoms with Crippen LogP contribution in [0.25, 0.3) is 11.3 Å². The molecule has 3 saturated heterocycles. The average molecular weight is 309 g/mol. The number of benzene rings is 1. The van der Waals surface area contributed by atoms with Crippen LogP contribution >= 0.6 is 0 Å². The van der Waals surface area contributed by atoms with Crippen LogP contribution in [0.15, 0.2) is 36.4 Å². The fourth-order valence-electron chi connectivity index (χ4n) is 3.93. The van der Waals surface area contributed by atoms with Crippen molar-refractivity contribution in [2.45, 2.75) is 25.8 Å². The summed E-state index contributed by atoms with van der Waals surface area (Å²) < 4.78 is 0. The molecule has 4 heteroatoms. The SMILES string of the molecule is Cc1ccccc1-c1ccc(C(=O)N[C@H]2CN3CCC2CC3)[nH]1. The van der Waals surface area contributed by atoms with Gasteiger partial charge in [0.2, 0.25) is 0 Å². The Morgan fingerprint density at radius 2 is 1.96 bits per heavy atom. The number of hydrogen-bond acceptors (Lipinski definition) is 2. The largest absolute Gasteiger partial charge is 0.351 e. The zero-order valence-corrected chi connectivity index (χ0v) is 13.5. The fourth-order valence-corrected chi connectivity index (χ4v) is 3.93. The minimum atomic E-state index is 0.0172. The first-order valence-corrected chi connectivity index (χ1v) is 8.49. The molecule has 1 atom stereocenters. The van der Waals surface area contributed by atoms with Crippen molar-refractivity contribution in [1.29, 1.82) is 0 Å². The number of carbonyl (C=O) groups is 1. The second kappa shape index (κ2) is 5.85. The summed E-state index contributed by atoms with van der Waals surface area (Å²) in [7, 11) is 0. The normalized spacial score (nSPS) is 26.2. The van der Waals surface area contributed by atoms with Crippen molar-refractivity contribution in [3.63, 3.8) is 0 Å². The average Bonchev–Trinajstić information content (AvgIpc) is 3.06. The summed E-state index contributed by atoms with van der Waals surface area (Å²) in [5.74, 6) is 0.665. The van der Waals surface area contributed by atoms with Gasteiger partial charge in [0.05, 0.1) is 0 Å². The molecule has 3 fully saturated rings. The van der Waals surface area contributed by atoms with Crippen LogP contribution in [-0.4, -0.2) is 41.5 Å². The van der Waals surface area contributed by atoms with E-state index < -0.39 is 0 Å². The number of aromatic amines is 1. The molecule has 1 amide bonds. The van der Waals surface area contributed by atoms with Crippen LogP contribution in [0.2, 0.25) is 0 Å². The van der Waals surface area contributed by atoms with Crippen LogP contribution in [0.1, 0.15) is 28.9 Å². The molecule has 3 aliphatic heterocycles. The molecule has 4 nitrogen and oxygen atoms in total. The summed E-state index contributed by atoms with van der Waals surface area (Å²) in [5.41, 5.74) is 4.01. The second-order valence-electron chi connectivity index (χ2n) is 6.82. The summed E-state index contributed by atoms with van der Waals surface area (Å²) in [6, 6.07) is 12.4. The topological polar surface area (TPSA) is 48.1 Å². The van der Waals surface area contributed by atoms with E-state index in [0.717, 1.165) is 17.8 Å². The first-order valence-electron chi connectivity index (χ1n) is 8.49. The Bertz CT molecular complexity index is 713. The van der Waals surface area contributed by atoms with Gasteiger partial charge in [-0.05, 0) is 56.5 Å². The van der Waals surface area contributed by atoms with Crippen molar-refractivity contribution in [2.24, 2.45) is 5.92 Å². The summed E-state index contributed by atoms with van der Waals surface area (Å²) in [5, 5.41) is 3.23. The third-order valence-electron chi connectivity index (χ3n) is 5.34. The van der Waals surface area contributed by atoms with Gasteiger partial charge in [-0.3, -0.25) is 4.79 Å². The number of H-pyrrole nitrogens is 1. The second-order valence-corrected chi connectivity index (χ2v) is 6.82. The molecule has 1 aromatic heterocycles.